The van der Waals surface area contributed by atoms with Gasteiger partial charge in [-0.3, -0.25) is 16.2 Å². The standard InChI is InChI=1S/C13H25N3/c1-4-9-12(15-14)13(2,3)16-10-7-5-6-8-11-16/h1,12,15H,5-11,14H2,2-3H3. The van der Waals surface area contributed by atoms with Gasteiger partial charge in [-0.25, -0.2) is 0 Å². The van der Waals surface area contributed by atoms with Crippen molar-refractivity contribution >= 4 is 0 Å². The Morgan fingerprint density at radius 3 is 2.31 bits per heavy atom. The highest BCUT2D eigenvalue weighted by Gasteiger charge is 2.34. The Labute approximate surface area is 99.7 Å². The van der Waals surface area contributed by atoms with Gasteiger partial charge in [0.2, 0.25) is 0 Å². The van der Waals surface area contributed by atoms with Crippen LogP contribution in [0, 0.1) is 12.3 Å². The Hall–Kier alpha value is -0.560. The molecule has 1 aliphatic heterocycles. The molecule has 0 aromatic rings. The molecule has 1 heterocycles. The Balaban J connectivity index is 2.68. The second-order valence-electron chi connectivity index (χ2n) is 5.18. The van der Waals surface area contributed by atoms with Crippen molar-refractivity contribution in [3.63, 3.8) is 0 Å². The summed E-state index contributed by atoms with van der Waals surface area (Å²) in [4.78, 5) is 2.53. The number of hydrogen-bond acceptors (Lipinski definition) is 3. The lowest BCUT2D eigenvalue weighted by Gasteiger charge is -2.43. The first-order chi connectivity index (χ1) is 7.62. The highest BCUT2D eigenvalue weighted by Crippen LogP contribution is 2.24. The minimum atomic E-state index is 0.0332. The normalized spacial score (nSPS) is 21.1. The minimum Gasteiger partial charge on any atom is -0.297 e. The van der Waals surface area contributed by atoms with Crippen molar-refractivity contribution < 1.29 is 0 Å². The molecule has 1 aliphatic rings. The van der Waals surface area contributed by atoms with Crippen LogP contribution in [-0.2, 0) is 0 Å². The van der Waals surface area contributed by atoms with Crippen LogP contribution >= 0.6 is 0 Å². The molecule has 1 fully saturated rings. The first kappa shape index (κ1) is 13.5. The molecule has 1 rings (SSSR count). The Bertz CT molecular complexity index is 234. The molecule has 3 heteroatoms. The van der Waals surface area contributed by atoms with Gasteiger partial charge in [-0.1, -0.05) is 12.8 Å². The third-order valence-corrected chi connectivity index (χ3v) is 3.80. The van der Waals surface area contributed by atoms with Crippen molar-refractivity contribution in [1.29, 1.82) is 0 Å². The van der Waals surface area contributed by atoms with Crippen LogP contribution in [0.1, 0.15) is 46.0 Å². The first-order valence-corrected chi connectivity index (χ1v) is 6.27. The molecule has 3 nitrogen and oxygen atoms in total. The fourth-order valence-electron chi connectivity index (χ4n) is 2.50. The molecule has 0 radical (unpaired) electrons. The fourth-order valence-corrected chi connectivity index (χ4v) is 2.50. The van der Waals surface area contributed by atoms with Gasteiger partial charge in [0, 0.05) is 18.0 Å². The van der Waals surface area contributed by atoms with E-state index in [4.69, 9.17) is 12.3 Å². The zero-order chi connectivity index (χ0) is 12.0. The summed E-state index contributed by atoms with van der Waals surface area (Å²) in [5, 5.41) is 0. The lowest BCUT2D eigenvalue weighted by molar-refractivity contribution is 0.0853. The molecular formula is C13H25N3. The summed E-state index contributed by atoms with van der Waals surface area (Å²) in [6.45, 7) is 6.80. The number of likely N-dealkylation sites (tertiary alicyclic amines) is 1. The highest BCUT2D eigenvalue weighted by molar-refractivity contribution is 5.00. The van der Waals surface area contributed by atoms with Gasteiger partial charge < -0.3 is 0 Å². The van der Waals surface area contributed by atoms with Gasteiger partial charge >= 0.3 is 0 Å². The zero-order valence-electron chi connectivity index (χ0n) is 10.6. The summed E-state index contributed by atoms with van der Waals surface area (Å²) in [6.07, 6.45) is 11.4. The van der Waals surface area contributed by atoms with Crippen molar-refractivity contribution in [2.45, 2.75) is 57.5 Å². The second kappa shape index (κ2) is 6.24. The summed E-state index contributed by atoms with van der Waals surface area (Å²) in [7, 11) is 0. The molecule has 0 spiro atoms. The number of hydrazine groups is 1. The van der Waals surface area contributed by atoms with Gasteiger partial charge in [0.05, 0.1) is 0 Å². The predicted molar refractivity (Wildman–Crippen MR) is 68.7 cm³/mol. The highest BCUT2D eigenvalue weighted by atomic mass is 15.3. The summed E-state index contributed by atoms with van der Waals surface area (Å²) in [5.74, 6) is 8.33. The summed E-state index contributed by atoms with van der Waals surface area (Å²) < 4.78 is 0. The van der Waals surface area contributed by atoms with Crippen LogP contribution in [0.4, 0.5) is 0 Å². The van der Waals surface area contributed by atoms with E-state index in [0.717, 1.165) is 13.1 Å². The summed E-state index contributed by atoms with van der Waals surface area (Å²) >= 11 is 0. The molecule has 1 atom stereocenters. The van der Waals surface area contributed by atoms with E-state index in [1.807, 2.05) is 0 Å². The first-order valence-electron chi connectivity index (χ1n) is 6.27. The van der Waals surface area contributed by atoms with E-state index in [-0.39, 0.29) is 11.6 Å². The zero-order valence-corrected chi connectivity index (χ0v) is 10.6. The predicted octanol–water partition coefficient (Wildman–Crippen LogP) is 1.50. The molecule has 3 N–H and O–H groups in total. The fraction of sp³-hybridized carbons (Fsp3) is 0.846. The number of nitrogens with two attached hydrogens (primary N) is 1. The average molecular weight is 223 g/mol. The van der Waals surface area contributed by atoms with Crippen molar-refractivity contribution in [3.8, 4) is 12.3 Å². The largest absolute Gasteiger partial charge is 0.297 e. The van der Waals surface area contributed by atoms with Crippen LogP contribution in [0.2, 0.25) is 0 Å². The van der Waals surface area contributed by atoms with Gasteiger partial charge in [0.15, 0.2) is 0 Å². The molecule has 1 saturated heterocycles. The van der Waals surface area contributed by atoms with Crippen LogP contribution in [0.3, 0.4) is 0 Å². The van der Waals surface area contributed by atoms with Gasteiger partial charge in [-0.2, -0.15) is 0 Å². The van der Waals surface area contributed by atoms with Crippen LogP contribution in [0.25, 0.3) is 0 Å². The number of nitrogens with zero attached hydrogens (tertiary/aromatic N) is 1. The summed E-state index contributed by atoms with van der Waals surface area (Å²) in [5.41, 5.74) is 2.91. The van der Waals surface area contributed by atoms with Gasteiger partial charge in [0.25, 0.3) is 0 Å². The third-order valence-electron chi connectivity index (χ3n) is 3.80. The van der Waals surface area contributed by atoms with Gasteiger partial charge in [-0.15, -0.1) is 12.3 Å². The van der Waals surface area contributed by atoms with Crippen molar-refractivity contribution in [2.24, 2.45) is 5.84 Å². The maximum atomic E-state index is 5.62. The smallest absolute Gasteiger partial charge is 0.0498 e. The lowest BCUT2D eigenvalue weighted by Crippen LogP contribution is -2.59. The Morgan fingerprint density at radius 2 is 1.88 bits per heavy atom. The molecule has 0 amide bonds. The third kappa shape index (κ3) is 3.21. The van der Waals surface area contributed by atoms with E-state index in [1.165, 1.54) is 25.7 Å². The number of terminal acetylenes is 1. The molecule has 92 valence electrons. The van der Waals surface area contributed by atoms with Crippen molar-refractivity contribution in [1.82, 2.24) is 10.3 Å². The average Bonchev–Trinajstić information content (AvgIpc) is 2.54. The quantitative estimate of drug-likeness (QED) is 0.431. The number of hydrogen-bond donors (Lipinski definition) is 2. The van der Waals surface area contributed by atoms with Crippen LogP contribution in [-0.4, -0.2) is 29.6 Å². The molecule has 0 aromatic heterocycles. The van der Waals surface area contributed by atoms with Crippen LogP contribution in [0.5, 0.6) is 0 Å². The van der Waals surface area contributed by atoms with Crippen molar-refractivity contribution in [3.05, 3.63) is 0 Å². The van der Waals surface area contributed by atoms with Crippen molar-refractivity contribution in [2.75, 3.05) is 13.1 Å². The lowest BCUT2D eigenvalue weighted by atomic mass is 9.90. The summed E-state index contributed by atoms with van der Waals surface area (Å²) in [6, 6.07) is 0.163. The van der Waals surface area contributed by atoms with E-state index < -0.39 is 0 Å². The Kier molecular flexibility index (Phi) is 5.27. The molecule has 0 aliphatic carbocycles. The SMILES string of the molecule is C#CCC(NN)C(C)(C)N1CCCCCC1. The monoisotopic (exact) mass is 223 g/mol. The number of rotatable bonds is 4. The van der Waals surface area contributed by atoms with E-state index >= 15 is 0 Å². The maximum absolute atomic E-state index is 5.62. The molecule has 0 aromatic carbocycles. The van der Waals surface area contributed by atoms with E-state index in [1.54, 1.807) is 0 Å². The molecule has 16 heavy (non-hydrogen) atoms. The molecule has 0 bridgehead atoms. The molecule has 1 unspecified atom stereocenters. The van der Waals surface area contributed by atoms with E-state index in [2.05, 4.69) is 30.1 Å². The molecular weight excluding hydrogens is 198 g/mol. The van der Waals surface area contributed by atoms with Gasteiger partial charge in [0.1, 0.15) is 0 Å². The minimum absolute atomic E-state index is 0.0332. The number of nitrogens with one attached hydrogen (secondary N) is 1. The van der Waals surface area contributed by atoms with Gasteiger partial charge in [-0.05, 0) is 39.8 Å². The van der Waals surface area contributed by atoms with Crippen LogP contribution < -0.4 is 11.3 Å². The Morgan fingerprint density at radius 1 is 1.31 bits per heavy atom. The van der Waals surface area contributed by atoms with E-state index in [9.17, 15) is 0 Å². The molecule has 0 saturated carbocycles. The van der Waals surface area contributed by atoms with E-state index in [0.29, 0.717) is 6.42 Å². The van der Waals surface area contributed by atoms with Crippen LogP contribution in [0.15, 0.2) is 0 Å². The second-order valence-corrected chi connectivity index (χ2v) is 5.18. The maximum Gasteiger partial charge on any atom is 0.0498 e. The topological polar surface area (TPSA) is 41.3 Å².